The molecule has 0 aliphatic rings. The molecule has 0 amide bonds. The molecule has 0 bridgehead atoms. The van der Waals surface area contributed by atoms with Gasteiger partial charge in [0.1, 0.15) is 0 Å². The highest BCUT2D eigenvalue weighted by molar-refractivity contribution is 6.23. The molecule has 0 aromatic heterocycles. The van der Waals surface area contributed by atoms with Crippen molar-refractivity contribution in [2.24, 2.45) is 5.92 Å². The summed E-state index contributed by atoms with van der Waals surface area (Å²) in [6.45, 7) is 5.76. The molecule has 0 radical (unpaired) electrons. The molecule has 19 heavy (non-hydrogen) atoms. The third kappa shape index (κ3) is 4.51. The molecule has 1 rings (SSSR count). The van der Waals surface area contributed by atoms with Crippen molar-refractivity contribution in [3.63, 3.8) is 0 Å². The van der Waals surface area contributed by atoms with Crippen LogP contribution in [-0.2, 0) is 9.53 Å². The van der Waals surface area contributed by atoms with Crippen molar-refractivity contribution >= 4 is 17.6 Å². The van der Waals surface area contributed by atoms with Gasteiger partial charge in [-0.2, -0.15) is 0 Å². The van der Waals surface area contributed by atoms with Crippen molar-refractivity contribution in [3.8, 4) is 0 Å². The Kier molecular flexibility index (Phi) is 5.83. The number of halogens is 1. The van der Waals surface area contributed by atoms with Crippen LogP contribution in [0.5, 0.6) is 0 Å². The first-order valence-electron chi connectivity index (χ1n) is 6.44. The molecule has 0 aliphatic heterocycles. The Hall–Kier alpha value is -1.06. The van der Waals surface area contributed by atoms with Crippen molar-refractivity contribution in [1.29, 1.82) is 0 Å². The largest absolute Gasteiger partial charge is 0.464 e. The van der Waals surface area contributed by atoms with Crippen LogP contribution in [-0.4, -0.2) is 23.3 Å². The number of aliphatic hydroxyl groups is 1. The fourth-order valence-corrected chi connectivity index (χ4v) is 1.82. The van der Waals surface area contributed by atoms with E-state index >= 15 is 0 Å². The molecule has 106 valence electrons. The third-order valence-corrected chi connectivity index (χ3v) is 3.60. The van der Waals surface area contributed by atoms with E-state index in [1.165, 1.54) is 6.92 Å². The van der Waals surface area contributed by atoms with Gasteiger partial charge in [-0.15, -0.1) is 11.6 Å². The molecule has 2 atom stereocenters. The number of carbonyl (C=O) groups is 1. The number of esters is 1. The number of carbonyl (C=O) groups excluding carboxylic acids is 1. The Labute approximate surface area is 119 Å². The molecule has 0 unspecified atom stereocenters. The molecule has 4 heteroatoms. The van der Waals surface area contributed by atoms with E-state index in [0.29, 0.717) is 18.1 Å². The van der Waals surface area contributed by atoms with Gasteiger partial charge in [-0.3, -0.25) is 0 Å². The molecule has 1 aromatic carbocycles. The lowest BCUT2D eigenvalue weighted by Gasteiger charge is -2.26. The first kappa shape index (κ1) is 16.0. The Morgan fingerprint density at radius 1 is 1.37 bits per heavy atom. The summed E-state index contributed by atoms with van der Waals surface area (Å²) in [5.74, 6) is -0.240. The van der Waals surface area contributed by atoms with Crippen LogP contribution < -0.4 is 0 Å². The molecule has 1 aromatic rings. The van der Waals surface area contributed by atoms with E-state index in [2.05, 4.69) is 0 Å². The number of ether oxygens (including phenoxy) is 1. The zero-order chi connectivity index (χ0) is 14.5. The molecule has 0 spiro atoms. The number of rotatable bonds is 6. The van der Waals surface area contributed by atoms with Crippen molar-refractivity contribution < 1.29 is 14.6 Å². The minimum Gasteiger partial charge on any atom is -0.464 e. The van der Waals surface area contributed by atoms with Gasteiger partial charge in [0.05, 0.1) is 12.0 Å². The second kappa shape index (κ2) is 6.92. The lowest BCUT2D eigenvalue weighted by Crippen LogP contribution is -2.41. The highest BCUT2D eigenvalue weighted by atomic mass is 35.5. The fourth-order valence-electron chi connectivity index (χ4n) is 1.58. The predicted molar refractivity (Wildman–Crippen MR) is 76.1 cm³/mol. The van der Waals surface area contributed by atoms with Crippen LogP contribution in [0.15, 0.2) is 30.3 Å². The SMILES string of the molecule is CC(C)CCOC(=O)[C@](C)(O)[C@H](Cl)c1ccccc1. The van der Waals surface area contributed by atoms with Crippen LogP contribution in [0, 0.1) is 5.92 Å². The Balaban J connectivity index is 2.66. The summed E-state index contributed by atoms with van der Waals surface area (Å²) in [4.78, 5) is 11.9. The lowest BCUT2D eigenvalue weighted by molar-refractivity contribution is -0.164. The normalized spacial score (nSPS) is 15.9. The van der Waals surface area contributed by atoms with Gasteiger partial charge in [-0.05, 0) is 24.8 Å². The second-order valence-corrected chi connectivity index (χ2v) is 5.68. The van der Waals surface area contributed by atoms with E-state index in [-0.39, 0.29) is 0 Å². The predicted octanol–water partition coefficient (Wildman–Crippen LogP) is 3.31. The third-order valence-electron chi connectivity index (χ3n) is 2.93. The quantitative estimate of drug-likeness (QED) is 0.644. The van der Waals surface area contributed by atoms with E-state index in [0.717, 1.165) is 6.42 Å². The maximum absolute atomic E-state index is 11.9. The maximum atomic E-state index is 11.9. The summed E-state index contributed by atoms with van der Waals surface area (Å²) in [5, 5.41) is 9.43. The van der Waals surface area contributed by atoms with Gasteiger partial charge >= 0.3 is 5.97 Å². The van der Waals surface area contributed by atoms with Crippen LogP contribution >= 0.6 is 11.6 Å². The van der Waals surface area contributed by atoms with Crippen LogP contribution in [0.25, 0.3) is 0 Å². The summed E-state index contributed by atoms with van der Waals surface area (Å²) in [6, 6.07) is 9.01. The zero-order valence-corrected chi connectivity index (χ0v) is 12.4. The Morgan fingerprint density at radius 2 is 1.95 bits per heavy atom. The van der Waals surface area contributed by atoms with Gasteiger partial charge < -0.3 is 9.84 Å². The number of benzene rings is 1. The van der Waals surface area contributed by atoms with Gasteiger partial charge in [-0.1, -0.05) is 44.2 Å². The second-order valence-electron chi connectivity index (χ2n) is 5.24. The average molecular weight is 285 g/mol. The molecule has 3 nitrogen and oxygen atoms in total. The molecule has 0 saturated carbocycles. The summed E-state index contributed by atoms with van der Waals surface area (Å²) >= 11 is 6.18. The van der Waals surface area contributed by atoms with Crippen LogP contribution in [0.4, 0.5) is 0 Å². The number of alkyl halides is 1. The molecule has 0 heterocycles. The maximum Gasteiger partial charge on any atom is 0.339 e. The zero-order valence-electron chi connectivity index (χ0n) is 11.6. The summed E-state index contributed by atoms with van der Waals surface area (Å²) in [6.07, 6.45) is 0.764. The standard InChI is InChI=1S/C15H21ClO3/c1-11(2)9-10-19-14(17)15(3,18)13(16)12-7-5-4-6-8-12/h4-8,11,13,18H,9-10H2,1-3H3/t13-,15-/m1/s1. The summed E-state index contributed by atoms with van der Waals surface area (Å²) in [7, 11) is 0. The van der Waals surface area contributed by atoms with Crippen LogP contribution in [0.1, 0.15) is 38.1 Å². The molecule has 1 N–H and O–H groups in total. The van der Waals surface area contributed by atoms with Gasteiger partial charge in [-0.25, -0.2) is 4.79 Å². The average Bonchev–Trinajstić information content (AvgIpc) is 2.38. The minimum absolute atomic E-state index is 0.297. The van der Waals surface area contributed by atoms with E-state index in [9.17, 15) is 9.90 Å². The van der Waals surface area contributed by atoms with Gasteiger partial charge in [0.2, 0.25) is 0 Å². The lowest BCUT2D eigenvalue weighted by atomic mass is 9.96. The monoisotopic (exact) mass is 284 g/mol. The van der Waals surface area contributed by atoms with Crippen LogP contribution in [0.2, 0.25) is 0 Å². The minimum atomic E-state index is -1.74. The first-order valence-corrected chi connectivity index (χ1v) is 6.88. The molecule has 0 aliphatic carbocycles. The van der Waals surface area contributed by atoms with E-state index in [1.54, 1.807) is 12.1 Å². The van der Waals surface area contributed by atoms with Gasteiger partial charge in [0.15, 0.2) is 5.60 Å². The molecular formula is C15H21ClO3. The van der Waals surface area contributed by atoms with Crippen molar-refractivity contribution in [2.45, 2.75) is 38.2 Å². The molecule has 0 saturated heterocycles. The Bertz CT molecular complexity index is 401. The number of hydrogen-bond acceptors (Lipinski definition) is 3. The number of hydrogen-bond donors (Lipinski definition) is 1. The smallest absolute Gasteiger partial charge is 0.339 e. The van der Waals surface area contributed by atoms with Crippen molar-refractivity contribution in [2.75, 3.05) is 6.61 Å². The van der Waals surface area contributed by atoms with Crippen molar-refractivity contribution in [1.82, 2.24) is 0 Å². The van der Waals surface area contributed by atoms with E-state index in [1.807, 2.05) is 32.0 Å². The van der Waals surface area contributed by atoms with Gasteiger partial charge in [0.25, 0.3) is 0 Å². The Morgan fingerprint density at radius 3 is 2.47 bits per heavy atom. The van der Waals surface area contributed by atoms with Gasteiger partial charge in [0, 0.05) is 0 Å². The fraction of sp³-hybridized carbons (Fsp3) is 0.533. The summed E-state index contributed by atoms with van der Waals surface area (Å²) in [5.41, 5.74) is -1.05. The molecule has 0 fully saturated rings. The topological polar surface area (TPSA) is 46.5 Å². The molecular weight excluding hydrogens is 264 g/mol. The van der Waals surface area contributed by atoms with Crippen LogP contribution in [0.3, 0.4) is 0 Å². The highest BCUT2D eigenvalue weighted by Gasteiger charge is 2.40. The van der Waals surface area contributed by atoms with E-state index < -0.39 is 16.9 Å². The van der Waals surface area contributed by atoms with Crippen molar-refractivity contribution in [3.05, 3.63) is 35.9 Å². The first-order chi connectivity index (χ1) is 8.85. The van der Waals surface area contributed by atoms with E-state index in [4.69, 9.17) is 16.3 Å². The summed E-state index contributed by atoms with van der Waals surface area (Å²) < 4.78 is 5.09. The highest BCUT2D eigenvalue weighted by Crippen LogP contribution is 2.33.